The van der Waals surface area contributed by atoms with Crippen molar-refractivity contribution in [2.45, 2.75) is 52.2 Å². The Labute approximate surface area is 110 Å². The summed E-state index contributed by atoms with van der Waals surface area (Å²) in [5, 5.41) is 7.95. The van der Waals surface area contributed by atoms with Crippen LogP contribution in [-0.4, -0.2) is 30.6 Å². The molecule has 0 saturated carbocycles. The number of hydrogen-bond donors (Lipinski definition) is 1. The highest BCUT2D eigenvalue weighted by molar-refractivity contribution is 7.07. The van der Waals surface area contributed by atoms with E-state index in [-0.39, 0.29) is 0 Å². The number of nitrogens with zero attached hydrogens (tertiary/aromatic N) is 1. The lowest BCUT2D eigenvalue weighted by atomic mass is 10.1. The molecule has 98 valence electrons. The summed E-state index contributed by atoms with van der Waals surface area (Å²) in [6.45, 7) is 8.84. The molecular weight excluding hydrogens is 228 g/mol. The number of hydrogen-bond acceptors (Lipinski definition) is 3. The predicted octanol–water partition coefficient (Wildman–Crippen LogP) is 3.35. The third-order valence-electron chi connectivity index (χ3n) is 3.02. The summed E-state index contributed by atoms with van der Waals surface area (Å²) in [4.78, 5) is 2.47. The van der Waals surface area contributed by atoms with Gasteiger partial charge in [0.05, 0.1) is 0 Å². The molecule has 2 nitrogen and oxygen atoms in total. The molecule has 0 amide bonds. The first-order chi connectivity index (χ1) is 8.13. The Morgan fingerprint density at radius 3 is 2.71 bits per heavy atom. The SMILES string of the molecule is CCCC(CNC(C)C)N(C)Cc1ccsc1. The van der Waals surface area contributed by atoms with Crippen molar-refractivity contribution in [3.05, 3.63) is 22.4 Å². The first-order valence-electron chi connectivity index (χ1n) is 6.58. The summed E-state index contributed by atoms with van der Waals surface area (Å²) in [7, 11) is 2.24. The third-order valence-corrected chi connectivity index (χ3v) is 3.75. The summed E-state index contributed by atoms with van der Waals surface area (Å²) in [6, 6.07) is 3.44. The highest BCUT2D eigenvalue weighted by Gasteiger charge is 2.14. The zero-order chi connectivity index (χ0) is 12.7. The van der Waals surface area contributed by atoms with Crippen LogP contribution in [0.3, 0.4) is 0 Å². The van der Waals surface area contributed by atoms with E-state index in [9.17, 15) is 0 Å². The van der Waals surface area contributed by atoms with Crippen LogP contribution in [0.15, 0.2) is 16.8 Å². The van der Waals surface area contributed by atoms with E-state index in [1.165, 1.54) is 18.4 Å². The highest BCUT2D eigenvalue weighted by atomic mass is 32.1. The summed E-state index contributed by atoms with van der Waals surface area (Å²) < 4.78 is 0. The van der Waals surface area contributed by atoms with Crippen LogP contribution in [0.5, 0.6) is 0 Å². The molecule has 0 saturated heterocycles. The van der Waals surface area contributed by atoms with E-state index in [2.05, 4.69) is 54.9 Å². The summed E-state index contributed by atoms with van der Waals surface area (Å²) in [5.74, 6) is 0. The van der Waals surface area contributed by atoms with Crippen LogP contribution >= 0.6 is 11.3 Å². The lowest BCUT2D eigenvalue weighted by Crippen LogP contribution is -2.41. The maximum absolute atomic E-state index is 3.55. The molecular formula is C14H26N2S. The van der Waals surface area contributed by atoms with Gasteiger partial charge in [-0.25, -0.2) is 0 Å². The Morgan fingerprint density at radius 1 is 1.41 bits per heavy atom. The molecule has 1 aromatic rings. The van der Waals surface area contributed by atoms with Gasteiger partial charge >= 0.3 is 0 Å². The average Bonchev–Trinajstić information content (AvgIpc) is 2.76. The molecule has 1 unspecified atom stereocenters. The van der Waals surface area contributed by atoms with Gasteiger partial charge in [-0.1, -0.05) is 27.2 Å². The number of thiophene rings is 1. The van der Waals surface area contributed by atoms with Crippen molar-refractivity contribution in [1.29, 1.82) is 0 Å². The van der Waals surface area contributed by atoms with Gasteiger partial charge in [0.1, 0.15) is 0 Å². The lowest BCUT2D eigenvalue weighted by Gasteiger charge is -2.28. The fraction of sp³-hybridized carbons (Fsp3) is 0.714. The topological polar surface area (TPSA) is 15.3 Å². The molecule has 0 fully saturated rings. The zero-order valence-electron chi connectivity index (χ0n) is 11.6. The molecule has 0 spiro atoms. The molecule has 1 rings (SSSR count). The van der Waals surface area contributed by atoms with E-state index in [1.54, 1.807) is 11.3 Å². The van der Waals surface area contributed by atoms with Crippen molar-refractivity contribution in [2.75, 3.05) is 13.6 Å². The fourth-order valence-corrected chi connectivity index (χ4v) is 2.64. The Hall–Kier alpha value is -0.380. The predicted molar refractivity (Wildman–Crippen MR) is 77.6 cm³/mol. The van der Waals surface area contributed by atoms with Gasteiger partial charge in [-0.3, -0.25) is 4.90 Å². The van der Waals surface area contributed by atoms with Gasteiger partial charge in [0, 0.05) is 25.2 Å². The molecule has 17 heavy (non-hydrogen) atoms. The van der Waals surface area contributed by atoms with Crippen LogP contribution < -0.4 is 5.32 Å². The van der Waals surface area contributed by atoms with Gasteiger partial charge in [0.25, 0.3) is 0 Å². The average molecular weight is 254 g/mol. The molecule has 3 heteroatoms. The number of nitrogens with one attached hydrogen (secondary N) is 1. The van der Waals surface area contributed by atoms with E-state index in [1.807, 2.05) is 0 Å². The Balaban J connectivity index is 2.44. The molecule has 1 aromatic heterocycles. The second-order valence-corrected chi connectivity index (χ2v) is 5.83. The smallest absolute Gasteiger partial charge is 0.0242 e. The molecule has 1 N–H and O–H groups in total. The second-order valence-electron chi connectivity index (χ2n) is 5.05. The monoisotopic (exact) mass is 254 g/mol. The zero-order valence-corrected chi connectivity index (χ0v) is 12.4. The van der Waals surface area contributed by atoms with Gasteiger partial charge in [-0.05, 0) is 35.9 Å². The van der Waals surface area contributed by atoms with E-state index in [0.717, 1.165) is 13.1 Å². The van der Waals surface area contributed by atoms with E-state index in [0.29, 0.717) is 12.1 Å². The first-order valence-corrected chi connectivity index (χ1v) is 7.52. The first kappa shape index (κ1) is 14.7. The fourth-order valence-electron chi connectivity index (χ4n) is 1.98. The number of rotatable bonds is 8. The van der Waals surface area contributed by atoms with Crippen molar-refractivity contribution in [3.63, 3.8) is 0 Å². The largest absolute Gasteiger partial charge is 0.313 e. The molecule has 0 bridgehead atoms. The molecule has 0 radical (unpaired) electrons. The Morgan fingerprint density at radius 2 is 2.18 bits per heavy atom. The summed E-state index contributed by atoms with van der Waals surface area (Å²) >= 11 is 1.78. The normalized spacial score (nSPS) is 13.5. The molecule has 1 heterocycles. The summed E-state index contributed by atoms with van der Waals surface area (Å²) in [6.07, 6.45) is 2.51. The third kappa shape index (κ3) is 5.66. The van der Waals surface area contributed by atoms with E-state index in [4.69, 9.17) is 0 Å². The molecule has 1 atom stereocenters. The van der Waals surface area contributed by atoms with Crippen LogP contribution in [0.1, 0.15) is 39.2 Å². The van der Waals surface area contributed by atoms with Crippen molar-refractivity contribution in [2.24, 2.45) is 0 Å². The standard InChI is InChI=1S/C14H26N2S/c1-5-6-14(9-15-12(2)3)16(4)10-13-7-8-17-11-13/h7-8,11-12,14-15H,5-6,9-10H2,1-4H3. The minimum Gasteiger partial charge on any atom is -0.313 e. The van der Waals surface area contributed by atoms with Gasteiger partial charge in [-0.15, -0.1) is 0 Å². The Kier molecular flexibility index (Phi) is 6.78. The quantitative estimate of drug-likeness (QED) is 0.765. The lowest BCUT2D eigenvalue weighted by molar-refractivity contribution is 0.212. The molecule has 0 aliphatic carbocycles. The van der Waals surface area contributed by atoms with Crippen LogP contribution in [-0.2, 0) is 6.54 Å². The van der Waals surface area contributed by atoms with Gasteiger partial charge in [0.15, 0.2) is 0 Å². The molecule has 0 aliphatic rings. The van der Waals surface area contributed by atoms with Gasteiger partial charge < -0.3 is 5.32 Å². The van der Waals surface area contributed by atoms with Gasteiger partial charge in [0.2, 0.25) is 0 Å². The summed E-state index contributed by atoms with van der Waals surface area (Å²) in [5.41, 5.74) is 1.43. The van der Waals surface area contributed by atoms with Crippen molar-refractivity contribution in [3.8, 4) is 0 Å². The molecule has 0 aliphatic heterocycles. The highest BCUT2D eigenvalue weighted by Crippen LogP contribution is 2.12. The van der Waals surface area contributed by atoms with E-state index < -0.39 is 0 Å². The van der Waals surface area contributed by atoms with Gasteiger partial charge in [-0.2, -0.15) is 11.3 Å². The number of likely N-dealkylation sites (N-methyl/N-ethyl adjacent to an activating group) is 1. The minimum atomic E-state index is 0.573. The second kappa shape index (κ2) is 7.85. The van der Waals surface area contributed by atoms with Crippen LogP contribution in [0.4, 0.5) is 0 Å². The van der Waals surface area contributed by atoms with Crippen molar-refractivity contribution < 1.29 is 0 Å². The van der Waals surface area contributed by atoms with Crippen molar-refractivity contribution in [1.82, 2.24) is 10.2 Å². The van der Waals surface area contributed by atoms with Crippen LogP contribution in [0.25, 0.3) is 0 Å². The Bertz CT molecular complexity index is 282. The molecule has 0 aromatic carbocycles. The minimum absolute atomic E-state index is 0.573. The van der Waals surface area contributed by atoms with E-state index >= 15 is 0 Å². The maximum atomic E-state index is 3.55. The van der Waals surface area contributed by atoms with Crippen LogP contribution in [0, 0.1) is 0 Å². The van der Waals surface area contributed by atoms with Crippen LogP contribution in [0.2, 0.25) is 0 Å². The maximum Gasteiger partial charge on any atom is 0.0242 e. The van der Waals surface area contributed by atoms with Crippen molar-refractivity contribution >= 4 is 11.3 Å².